The zero-order chi connectivity index (χ0) is 23.9. The van der Waals surface area contributed by atoms with Gasteiger partial charge in [-0.15, -0.1) is 0 Å². The van der Waals surface area contributed by atoms with Crippen molar-refractivity contribution in [3.63, 3.8) is 0 Å². The molecule has 7 heteroatoms. The number of sulfonamides is 1. The first kappa shape index (κ1) is 22.6. The molecule has 0 radical (unpaired) electrons. The fraction of sp³-hybridized carbons (Fsp3) is 0.296. The van der Waals surface area contributed by atoms with E-state index in [-0.39, 0.29) is 17.5 Å². The van der Waals surface area contributed by atoms with Gasteiger partial charge in [0.1, 0.15) is 5.78 Å². The average Bonchev–Trinajstić information content (AvgIpc) is 3.51. The molecule has 1 heterocycles. The van der Waals surface area contributed by atoms with E-state index >= 15 is 0 Å². The molecular weight excluding hydrogens is 450 g/mol. The Labute approximate surface area is 200 Å². The summed E-state index contributed by atoms with van der Waals surface area (Å²) in [5.74, 6) is 1.63. The Kier molecular flexibility index (Phi) is 5.70. The number of carbonyl (C=O) groups is 1. The normalized spacial score (nSPS) is 15.8. The number of benzene rings is 3. The summed E-state index contributed by atoms with van der Waals surface area (Å²) in [5, 5.41) is 0. The minimum absolute atomic E-state index is 0.202. The molecule has 176 valence electrons. The highest BCUT2D eigenvalue weighted by molar-refractivity contribution is 7.89. The molecule has 1 N–H and O–H groups in total. The van der Waals surface area contributed by atoms with Gasteiger partial charge in [-0.1, -0.05) is 43.3 Å². The smallest absolute Gasteiger partial charge is 0.240 e. The maximum Gasteiger partial charge on any atom is 0.240 e. The summed E-state index contributed by atoms with van der Waals surface area (Å²) in [6, 6.07) is 18.7. The van der Waals surface area contributed by atoms with Gasteiger partial charge in [-0.25, -0.2) is 13.1 Å². The third kappa shape index (κ3) is 4.10. The predicted molar refractivity (Wildman–Crippen MR) is 130 cm³/mol. The minimum Gasteiger partial charge on any atom is -0.454 e. The molecule has 0 bridgehead atoms. The molecule has 34 heavy (non-hydrogen) atoms. The summed E-state index contributed by atoms with van der Waals surface area (Å²) >= 11 is 0. The lowest BCUT2D eigenvalue weighted by Crippen LogP contribution is -2.23. The molecule has 0 amide bonds. The van der Waals surface area contributed by atoms with Crippen LogP contribution in [0.5, 0.6) is 11.5 Å². The van der Waals surface area contributed by atoms with Crippen LogP contribution in [-0.2, 0) is 26.7 Å². The van der Waals surface area contributed by atoms with Gasteiger partial charge < -0.3 is 9.47 Å². The van der Waals surface area contributed by atoms with Gasteiger partial charge in [-0.3, -0.25) is 4.79 Å². The third-order valence-corrected chi connectivity index (χ3v) is 8.25. The number of rotatable bonds is 8. The van der Waals surface area contributed by atoms with E-state index in [1.165, 1.54) is 0 Å². The van der Waals surface area contributed by atoms with E-state index < -0.39 is 15.4 Å². The van der Waals surface area contributed by atoms with E-state index in [4.69, 9.17) is 9.47 Å². The minimum atomic E-state index is -3.49. The summed E-state index contributed by atoms with van der Waals surface area (Å²) in [6.07, 6.45) is 2.02. The second-order valence-corrected chi connectivity index (χ2v) is 10.7. The number of aryl methyl sites for hydroxylation is 1. The molecule has 0 spiro atoms. The standard InChI is InChI=1S/C27H27NO5S/c1-3-28-34(30,31)22-9-6-20(7-10-22)23-14-19(5-4-18(23)2)15-26(29)27(12-13-27)21-8-11-24-25(16-21)33-17-32-24/h4-11,14,16,28H,3,12-13,15,17H2,1-2H3. The lowest BCUT2D eigenvalue weighted by molar-refractivity contribution is -0.120. The number of hydrogen-bond donors (Lipinski definition) is 1. The Morgan fingerprint density at radius 2 is 1.71 bits per heavy atom. The van der Waals surface area contributed by atoms with Crippen molar-refractivity contribution < 1.29 is 22.7 Å². The second-order valence-electron chi connectivity index (χ2n) is 8.93. The fourth-order valence-corrected chi connectivity index (χ4v) is 5.62. The van der Waals surface area contributed by atoms with E-state index in [1.807, 2.05) is 55.5 Å². The van der Waals surface area contributed by atoms with Crippen LogP contribution in [0.25, 0.3) is 11.1 Å². The topological polar surface area (TPSA) is 81.7 Å². The number of nitrogens with one attached hydrogen (secondary N) is 1. The number of carbonyl (C=O) groups excluding carboxylic acids is 1. The number of hydrogen-bond acceptors (Lipinski definition) is 5. The third-order valence-electron chi connectivity index (χ3n) is 6.69. The predicted octanol–water partition coefficient (Wildman–Crippen LogP) is 4.53. The van der Waals surface area contributed by atoms with Crippen LogP contribution in [0.2, 0.25) is 0 Å². The molecule has 1 aliphatic carbocycles. The van der Waals surface area contributed by atoms with Crippen LogP contribution >= 0.6 is 0 Å². The van der Waals surface area contributed by atoms with Crippen molar-refractivity contribution in [2.24, 2.45) is 0 Å². The van der Waals surface area contributed by atoms with Gasteiger partial charge in [0.25, 0.3) is 0 Å². The Hall–Kier alpha value is -3.16. The van der Waals surface area contributed by atoms with Gasteiger partial charge >= 0.3 is 0 Å². The molecule has 5 rings (SSSR count). The first-order valence-corrected chi connectivity index (χ1v) is 12.9. The highest BCUT2D eigenvalue weighted by Gasteiger charge is 2.50. The van der Waals surface area contributed by atoms with Gasteiger partial charge in [0.05, 0.1) is 10.3 Å². The van der Waals surface area contributed by atoms with Crippen LogP contribution in [0.3, 0.4) is 0 Å². The fourth-order valence-electron chi connectivity index (χ4n) is 4.58. The van der Waals surface area contributed by atoms with Crippen LogP contribution < -0.4 is 14.2 Å². The van der Waals surface area contributed by atoms with Crippen molar-refractivity contribution in [3.05, 3.63) is 77.4 Å². The van der Waals surface area contributed by atoms with E-state index in [1.54, 1.807) is 19.1 Å². The second kappa shape index (κ2) is 8.56. The van der Waals surface area contributed by atoms with Crippen LogP contribution in [0, 0.1) is 6.92 Å². The number of Topliss-reactive ketones (excluding diaryl/α,β-unsaturated/α-hetero) is 1. The number of ketones is 1. The Balaban J connectivity index is 1.38. The van der Waals surface area contributed by atoms with E-state index in [0.717, 1.165) is 46.4 Å². The average molecular weight is 478 g/mol. The molecule has 1 fully saturated rings. The zero-order valence-electron chi connectivity index (χ0n) is 19.3. The molecule has 1 saturated carbocycles. The highest BCUT2D eigenvalue weighted by atomic mass is 32.2. The molecule has 0 aromatic heterocycles. The molecule has 0 saturated heterocycles. The maximum absolute atomic E-state index is 13.4. The van der Waals surface area contributed by atoms with Crippen molar-refractivity contribution in [2.75, 3.05) is 13.3 Å². The van der Waals surface area contributed by atoms with Crippen LogP contribution in [0.15, 0.2) is 65.6 Å². The quantitative estimate of drug-likeness (QED) is 0.515. The summed E-state index contributed by atoms with van der Waals surface area (Å²) in [6.45, 7) is 4.32. The lowest BCUT2D eigenvalue weighted by atomic mass is 9.87. The molecule has 6 nitrogen and oxygen atoms in total. The van der Waals surface area contributed by atoms with Gasteiger partial charge in [-0.2, -0.15) is 0 Å². The van der Waals surface area contributed by atoms with E-state index in [0.29, 0.717) is 18.7 Å². The van der Waals surface area contributed by atoms with Crippen LogP contribution in [-0.4, -0.2) is 27.5 Å². The van der Waals surface area contributed by atoms with E-state index in [9.17, 15) is 13.2 Å². The van der Waals surface area contributed by atoms with Crippen LogP contribution in [0.4, 0.5) is 0 Å². The summed E-state index contributed by atoms with van der Waals surface area (Å²) in [4.78, 5) is 13.6. The Morgan fingerprint density at radius 1 is 0.971 bits per heavy atom. The van der Waals surface area contributed by atoms with Crippen molar-refractivity contribution in [3.8, 4) is 22.6 Å². The molecular formula is C27H27NO5S. The molecule has 3 aromatic carbocycles. The summed E-state index contributed by atoms with van der Waals surface area (Å²) in [5.41, 5.74) is 4.46. The van der Waals surface area contributed by atoms with E-state index in [2.05, 4.69) is 4.72 Å². The van der Waals surface area contributed by atoms with Crippen LogP contribution in [0.1, 0.15) is 36.5 Å². The van der Waals surface area contributed by atoms with Crippen molar-refractivity contribution in [2.45, 2.75) is 43.4 Å². The SMILES string of the molecule is CCNS(=O)(=O)c1ccc(-c2cc(CC(=O)C3(c4ccc5c(c4)OCO5)CC3)ccc2C)cc1. The van der Waals surface area contributed by atoms with Crippen molar-refractivity contribution in [1.82, 2.24) is 4.72 Å². The summed E-state index contributed by atoms with van der Waals surface area (Å²) in [7, 11) is -3.49. The summed E-state index contributed by atoms with van der Waals surface area (Å²) < 4.78 is 37.9. The lowest BCUT2D eigenvalue weighted by Gasteiger charge is -2.16. The van der Waals surface area contributed by atoms with Gasteiger partial charge in [0, 0.05) is 13.0 Å². The largest absolute Gasteiger partial charge is 0.454 e. The maximum atomic E-state index is 13.4. The van der Waals surface area contributed by atoms with Gasteiger partial charge in [0.15, 0.2) is 11.5 Å². The van der Waals surface area contributed by atoms with Crippen molar-refractivity contribution in [1.29, 1.82) is 0 Å². The molecule has 0 unspecified atom stereocenters. The van der Waals surface area contributed by atoms with Gasteiger partial charge in [0.2, 0.25) is 16.8 Å². The monoisotopic (exact) mass is 477 g/mol. The highest BCUT2D eigenvalue weighted by Crippen LogP contribution is 2.51. The molecule has 1 aliphatic heterocycles. The first-order valence-electron chi connectivity index (χ1n) is 11.5. The van der Waals surface area contributed by atoms with Gasteiger partial charge in [-0.05, 0) is 71.8 Å². The molecule has 2 aliphatic rings. The first-order chi connectivity index (χ1) is 16.3. The van der Waals surface area contributed by atoms with Crippen molar-refractivity contribution >= 4 is 15.8 Å². The Morgan fingerprint density at radius 3 is 2.41 bits per heavy atom. The Bertz CT molecular complexity index is 1360. The number of fused-ring (bicyclic) bond motifs is 1. The number of ether oxygens (including phenoxy) is 2. The molecule has 0 atom stereocenters. The molecule has 3 aromatic rings. The zero-order valence-corrected chi connectivity index (χ0v) is 20.1.